The molecule has 0 spiro atoms. The summed E-state index contributed by atoms with van der Waals surface area (Å²) in [6, 6.07) is 2.74. The predicted molar refractivity (Wildman–Crippen MR) is 69.8 cm³/mol. The van der Waals surface area contributed by atoms with E-state index in [-0.39, 0.29) is 0 Å². The number of rotatable bonds is 7. The molecule has 1 rings (SSSR count). The largest absolute Gasteiger partial charge is 0.368 e. The van der Waals surface area contributed by atoms with E-state index in [4.69, 9.17) is 0 Å². The first-order chi connectivity index (χ1) is 7.71. The summed E-state index contributed by atoms with van der Waals surface area (Å²) in [4.78, 5) is 0. The molecule has 0 aliphatic heterocycles. The predicted octanol–water partition coefficient (Wildman–Crippen LogP) is 3.36. The molecule has 0 fully saturated rings. The zero-order valence-corrected chi connectivity index (χ0v) is 11.1. The van der Waals surface area contributed by atoms with Crippen molar-refractivity contribution in [3.05, 3.63) is 11.8 Å². The molecule has 1 heterocycles. The quantitative estimate of drug-likeness (QED) is 0.768. The Labute approximate surface area is 99.2 Å². The highest BCUT2D eigenvalue weighted by molar-refractivity contribution is 5.38. The Hall–Kier alpha value is -0.990. The van der Waals surface area contributed by atoms with Gasteiger partial charge in [-0.15, -0.1) is 0 Å². The molecule has 1 atom stereocenters. The topological polar surface area (TPSA) is 29.9 Å². The van der Waals surface area contributed by atoms with Gasteiger partial charge in [0.25, 0.3) is 0 Å². The number of unbranched alkanes of at least 4 members (excludes halogenated alkanes) is 1. The second-order valence-electron chi connectivity index (χ2n) is 4.39. The van der Waals surface area contributed by atoms with Crippen LogP contribution in [0.25, 0.3) is 0 Å². The molecule has 0 saturated heterocycles. The zero-order chi connectivity index (χ0) is 12.0. The Bertz CT molecular complexity index is 304. The van der Waals surface area contributed by atoms with E-state index in [9.17, 15) is 0 Å². The van der Waals surface area contributed by atoms with Gasteiger partial charge in [-0.2, -0.15) is 5.10 Å². The van der Waals surface area contributed by atoms with Gasteiger partial charge in [-0.05, 0) is 19.3 Å². The molecule has 1 aromatic heterocycles. The molecule has 1 unspecified atom stereocenters. The van der Waals surface area contributed by atoms with E-state index in [1.807, 2.05) is 11.7 Å². The molecule has 0 saturated carbocycles. The lowest BCUT2D eigenvalue weighted by Crippen LogP contribution is -2.20. The Morgan fingerprint density at radius 2 is 2.12 bits per heavy atom. The number of aromatic nitrogens is 2. The number of aryl methyl sites for hydroxylation is 2. The van der Waals surface area contributed by atoms with Crippen molar-refractivity contribution in [2.45, 2.75) is 58.9 Å². The van der Waals surface area contributed by atoms with E-state index in [1.165, 1.54) is 25.7 Å². The lowest BCUT2D eigenvalue weighted by Gasteiger charge is -2.17. The minimum atomic E-state index is 0.583. The van der Waals surface area contributed by atoms with Crippen LogP contribution in [0.15, 0.2) is 6.07 Å². The van der Waals surface area contributed by atoms with Crippen LogP contribution < -0.4 is 5.32 Å². The first-order valence-electron chi connectivity index (χ1n) is 6.50. The van der Waals surface area contributed by atoms with Crippen LogP contribution in [0.5, 0.6) is 0 Å². The van der Waals surface area contributed by atoms with Crippen molar-refractivity contribution in [2.75, 3.05) is 5.32 Å². The van der Waals surface area contributed by atoms with E-state index < -0.39 is 0 Å². The molecular formula is C13H25N3. The number of hydrogen-bond acceptors (Lipinski definition) is 2. The van der Waals surface area contributed by atoms with E-state index in [0.29, 0.717) is 6.04 Å². The number of hydrogen-bond donors (Lipinski definition) is 1. The highest BCUT2D eigenvalue weighted by Crippen LogP contribution is 2.15. The summed E-state index contributed by atoms with van der Waals surface area (Å²) < 4.78 is 1.95. The Kier molecular flexibility index (Phi) is 5.36. The lowest BCUT2D eigenvalue weighted by atomic mass is 10.1. The molecule has 0 aliphatic carbocycles. The van der Waals surface area contributed by atoms with E-state index in [2.05, 4.69) is 37.3 Å². The van der Waals surface area contributed by atoms with Crippen molar-refractivity contribution < 1.29 is 0 Å². The Morgan fingerprint density at radius 1 is 1.38 bits per heavy atom. The summed E-state index contributed by atoms with van der Waals surface area (Å²) in [5, 5.41) is 8.04. The van der Waals surface area contributed by atoms with Gasteiger partial charge in [0, 0.05) is 19.2 Å². The normalized spacial score (nSPS) is 12.8. The lowest BCUT2D eigenvalue weighted by molar-refractivity contribution is 0.585. The molecular weight excluding hydrogens is 198 g/mol. The molecule has 3 nitrogen and oxygen atoms in total. The van der Waals surface area contributed by atoms with Gasteiger partial charge in [0.2, 0.25) is 0 Å². The van der Waals surface area contributed by atoms with Crippen molar-refractivity contribution >= 4 is 5.82 Å². The van der Waals surface area contributed by atoms with Crippen LogP contribution in [0, 0.1) is 0 Å². The highest BCUT2D eigenvalue weighted by Gasteiger charge is 2.09. The minimum Gasteiger partial charge on any atom is -0.368 e. The number of nitrogens with one attached hydrogen (secondary N) is 1. The molecule has 0 aromatic carbocycles. The second-order valence-corrected chi connectivity index (χ2v) is 4.39. The van der Waals surface area contributed by atoms with Crippen molar-refractivity contribution in [1.82, 2.24) is 9.78 Å². The van der Waals surface area contributed by atoms with Gasteiger partial charge in [-0.25, -0.2) is 0 Å². The summed E-state index contributed by atoms with van der Waals surface area (Å²) in [6.07, 6.45) is 5.99. The van der Waals surface area contributed by atoms with Gasteiger partial charge in [0.05, 0.1) is 5.69 Å². The van der Waals surface area contributed by atoms with E-state index >= 15 is 0 Å². The molecule has 92 valence electrons. The maximum absolute atomic E-state index is 4.45. The van der Waals surface area contributed by atoms with Crippen LogP contribution in [-0.2, 0) is 13.5 Å². The zero-order valence-electron chi connectivity index (χ0n) is 11.1. The second kappa shape index (κ2) is 6.56. The van der Waals surface area contributed by atoms with Crippen LogP contribution in [-0.4, -0.2) is 15.8 Å². The molecule has 1 N–H and O–H groups in total. The fourth-order valence-electron chi connectivity index (χ4n) is 1.87. The van der Waals surface area contributed by atoms with Crippen LogP contribution in [0.1, 0.15) is 52.1 Å². The van der Waals surface area contributed by atoms with Crippen LogP contribution in [0.3, 0.4) is 0 Å². The monoisotopic (exact) mass is 223 g/mol. The van der Waals surface area contributed by atoms with Crippen LogP contribution in [0.2, 0.25) is 0 Å². The maximum atomic E-state index is 4.45. The Morgan fingerprint density at radius 3 is 2.62 bits per heavy atom. The molecule has 3 heteroatoms. The molecule has 0 bridgehead atoms. The van der Waals surface area contributed by atoms with Crippen molar-refractivity contribution in [3.8, 4) is 0 Å². The smallest absolute Gasteiger partial charge is 0.124 e. The van der Waals surface area contributed by atoms with Gasteiger partial charge in [0.1, 0.15) is 5.82 Å². The first-order valence-corrected chi connectivity index (χ1v) is 6.50. The summed E-state index contributed by atoms with van der Waals surface area (Å²) in [5.41, 5.74) is 1.16. The third kappa shape index (κ3) is 3.54. The van der Waals surface area contributed by atoms with Crippen LogP contribution in [0.4, 0.5) is 5.82 Å². The average Bonchev–Trinajstić information content (AvgIpc) is 2.65. The van der Waals surface area contributed by atoms with Gasteiger partial charge in [-0.1, -0.05) is 33.6 Å². The molecule has 1 aromatic rings. The average molecular weight is 223 g/mol. The van der Waals surface area contributed by atoms with Gasteiger partial charge in [0.15, 0.2) is 0 Å². The summed E-state index contributed by atoms with van der Waals surface area (Å²) >= 11 is 0. The number of nitrogens with zero attached hydrogens (tertiary/aromatic N) is 2. The highest BCUT2D eigenvalue weighted by atomic mass is 15.3. The summed E-state index contributed by atoms with van der Waals surface area (Å²) in [6.45, 7) is 6.62. The third-order valence-electron chi connectivity index (χ3n) is 3.04. The third-order valence-corrected chi connectivity index (χ3v) is 3.04. The fraction of sp³-hybridized carbons (Fsp3) is 0.769. The standard InChI is InChI=1S/C13H25N3/c1-5-8-9-11(6-2)14-13-10-12(7-3)15-16(13)4/h10-11,14H,5-9H2,1-4H3. The first kappa shape index (κ1) is 13.1. The summed E-state index contributed by atoms with van der Waals surface area (Å²) in [5.74, 6) is 1.15. The fourth-order valence-corrected chi connectivity index (χ4v) is 1.87. The van der Waals surface area contributed by atoms with Gasteiger partial charge in [-0.3, -0.25) is 4.68 Å². The van der Waals surface area contributed by atoms with Crippen molar-refractivity contribution in [1.29, 1.82) is 0 Å². The molecule has 0 amide bonds. The van der Waals surface area contributed by atoms with E-state index in [0.717, 1.165) is 17.9 Å². The number of anilines is 1. The molecule has 0 aliphatic rings. The molecule has 0 radical (unpaired) electrons. The van der Waals surface area contributed by atoms with Gasteiger partial charge >= 0.3 is 0 Å². The Balaban J connectivity index is 2.58. The minimum absolute atomic E-state index is 0.583. The summed E-state index contributed by atoms with van der Waals surface area (Å²) in [7, 11) is 2.01. The van der Waals surface area contributed by atoms with Crippen LogP contribution >= 0.6 is 0 Å². The van der Waals surface area contributed by atoms with Crippen molar-refractivity contribution in [3.63, 3.8) is 0 Å². The molecule has 16 heavy (non-hydrogen) atoms. The maximum Gasteiger partial charge on any atom is 0.124 e. The van der Waals surface area contributed by atoms with Crippen molar-refractivity contribution in [2.24, 2.45) is 7.05 Å². The van der Waals surface area contributed by atoms with E-state index in [1.54, 1.807) is 0 Å². The van der Waals surface area contributed by atoms with Gasteiger partial charge < -0.3 is 5.32 Å². The SMILES string of the molecule is CCCCC(CC)Nc1cc(CC)nn1C.